The molecule has 0 heterocycles. The number of nitrogens with one attached hydrogen (secondary N) is 2. The quantitative estimate of drug-likeness (QED) is 0.607. The Bertz CT molecular complexity index is 433. The van der Waals surface area contributed by atoms with Crippen LogP contribution in [0.3, 0.4) is 0 Å². The number of hydrogen-bond donors (Lipinski definition) is 3. The van der Waals surface area contributed by atoms with E-state index in [0.717, 1.165) is 11.3 Å². The van der Waals surface area contributed by atoms with Gasteiger partial charge >= 0.3 is 12.0 Å². The topological polar surface area (TPSA) is 96.9 Å². The molecule has 0 aliphatic rings. The lowest BCUT2D eigenvalue weighted by Gasteiger charge is -2.08. The summed E-state index contributed by atoms with van der Waals surface area (Å²) in [6.45, 7) is 0.435. The Hall–Kier alpha value is -2.28. The van der Waals surface area contributed by atoms with Crippen molar-refractivity contribution in [2.45, 2.75) is 6.54 Å². The summed E-state index contributed by atoms with van der Waals surface area (Å²) in [4.78, 5) is 21.6. The molecular weight excluding hydrogens is 264 g/mol. The molecule has 3 N–H and O–H groups in total. The summed E-state index contributed by atoms with van der Waals surface area (Å²) in [5.41, 5.74) is 0.947. The first-order chi connectivity index (χ1) is 9.61. The zero-order valence-electron chi connectivity index (χ0n) is 11.2. The highest BCUT2D eigenvalue weighted by Crippen LogP contribution is 2.10. The summed E-state index contributed by atoms with van der Waals surface area (Å²) in [7, 11) is 1.59. The fraction of sp³-hybridized carbons (Fsp3) is 0.385. The first kappa shape index (κ1) is 15.8. The zero-order chi connectivity index (χ0) is 14.8. The Balaban J connectivity index is 2.14. The number of ether oxygens (including phenoxy) is 2. The van der Waals surface area contributed by atoms with Gasteiger partial charge in [-0.15, -0.1) is 0 Å². The van der Waals surface area contributed by atoms with Crippen molar-refractivity contribution in [1.82, 2.24) is 10.6 Å². The summed E-state index contributed by atoms with van der Waals surface area (Å²) in [6.07, 6.45) is 0. The minimum absolute atomic E-state index is 0.155. The van der Waals surface area contributed by atoms with Crippen LogP contribution in [0.15, 0.2) is 24.3 Å². The monoisotopic (exact) mass is 282 g/mol. The van der Waals surface area contributed by atoms with Gasteiger partial charge in [0.2, 0.25) is 0 Å². The number of carboxylic acid groups (broad SMARTS) is 1. The van der Waals surface area contributed by atoms with E-state index in [2.05, 4.69) is 10.6 Å². The summed E-state index contributed by atoms with van der Waals surface area (Å²) < 4.78 is 9.81. The largest absolute Gasteiger partial charge is 0.497 e. The highest BCUT2D eigenvalue weighted by atomic mass is 16.5. The normalized spacial score (nSPS) is 9.85. The molecule has 2 amide bonds. The van der Waals surface area contributed by atoms with Crippen molar-refractivity contribution in [1.29, 1.82) is 0 Å². The van der Waals surface area contributed by atoms with Crippen molar-refractivity contribution in [2.75, 3.05) is 26.9 Å². The smallest absolute Gasteiger partial charge is 0.329 e. The molecule has 0 aliphatic carbocycles. The summed E-state index contributed by atoms with van der Waals surface area (Å²) >= 11 is 0. The van der Waals surface area contributed by atoms with E-state index in [1.807, 2.05) is 24.3 Å². The minimum atomic E-state index is -1.03. The molecule has 1 aromatic carbocycles. The maximum Gasteiger partial charge on any atom is 0.329 e. The van der Waals surface area contributed by atoms with E-state index in [9.17, 15) is 9.59 Å². The molecule has 7 nitrogen and oxygen atoms in total. The number of methoxy groups -OCH3 is 1. The molecule has 0 saturated heterocycles. The van der Waals surface area contributed by atoms with Gasteiger partial charge in [-0.1, -0.05) is 12.1 Å². The molecule has 7 heteroatoms. The molecule has 110 valence electrons. The standard InChI is InChI=1S/C13H18N2O5/c1-19-11-4-2-10(3-5-11)8-15-13(18)14-6-7-20-9-12(16)17/h2-5H,6-9H2,1H3,(H,16,17)(H2,14,15,18). The third kappa shape index (κ3) is 6.60. The Labute approximate surface area is 116 Å². The average molecular weight is 282 g/mol. The van der Waals surface area contributed by atoms with Crippen LogP contribution < -0.4 is 15.4 Å². The number of carbonyl (C=O) groups excluding carboxylic acids is 1. The van der Waals surface area contributed by atoms with Gasteiger partial charge in [0.05, 0.1) is 13.7 Å². The molecular formula is C13H18N2O5. The van der Waals surface area contributed by atoms with E-state index in [4.69, 9.17) is 14.6 Å². The number of rotatable bonds is 8. The van der Waals surface area contributed by atoms with Gasteiger partial charge in [-0.25, -0.2) is 9.59 Å². The molecule has 0 aromatic heterocycles. The van der Waals surface area contributed by atoms with E-state index in [-0.39, 0.29) is 25.8 Å². The molecule has 0 saturated carbocycles. The lowest BCUT2D eigenvalue weighted by molar-refractivity contribution is -0.142. The van der Waals surface area contributed by atoms with Crippen molar-refractivity contribution >= 4 is 12.0 Å². The van der Waals surface area contributed by atoms with Gasteiger partial charge in [0.25, 0.3) is 0 Å². The molecule has 0 unspecified atom stereocenters. The second-order valence-corrected chi connectivity index (χ2v) is 3.90. The van der Waals surface area contributed by atoms with Gasteiger partial charge in [-0.05, 0) is 17.7 Å². The van der Waals surface area contributed by atoms with Crippen LogP contribution >= 0.6 is 0 Å². The SMILES string of the molecule is COc1ccc(CNC(=O)NCCOCC(=O)O)cc1. The summed E-state index contributed by atoms with van der Waals surface area (Å²) in [6, 6.07) is 7.01. The van der Waals surface area contributed by atoms with E-state index < -0.39 is 5.97 Å². The van der Waals surface area contributed by atoms with E-state index in [1.54, 1.807) is 7.11 Å². The highest BCUT2D eigenvalue weighted by Gasteiger charge is 2.01. The van der Waals surface area contributed by atoms with Crippen molar-refractivity contribution in [2.24, 2.45) is 0 Å². The van der Waals surface area contributed by atoms with Gasteiger partial charge in [-0.3, -0.25) is 0 Å². The van der Waals surface area contributed by atoms with Crippen LogP contribution in [-0.4, -0.2) is 44.0 Å². The molecule has 0 aliphatic heterocycles. The van der Waals surface area contributed by atoms with Crippen LogP contribution in [0.5, 0.6) is 5.75 Å². The maximum absolute atomic E-state index is 11.4. The second kappa shape index (κ2) is 8.76. The number of benzene rings is 1. The first-order valence-corrected chi connectivity index (χ1v) is 6.06. The molecule has 0 radical (unpaired) electrons. The highest BCUT2D eigenvalue weighted by molar-refractivity contribution is 5.73. The van der Waals surface area contributed by atoms with Crippen LogP contribution in [0.25, 0.3) is 0 Å². The maximum atomic E-state index is 11.4. The Morgan fingerprint density at radius 2 is 1.90 bits per heavy atom. The third-order valence-electron chi connectivity index (χ3n) is 2.37. The fourth-order valence-corrected chi connectivity index (χ4v) is 1.38. The molecule has 0 fully saturated rings. The zero-order valence-corrected chi connectivity index (χ0v) is 11.2. The average Bonchev–Trinajstić information content (AvgIpc) is 2.45. The van der Waals surface area contributed by atoms with Crippen molar-refractivity contribution in [3.63, 3.8) is 0 Å². The minimum Gasteiger partial charge on any atom is -0.497 e. The van der Waals surface area contributed by atoms with E-state index in [0.29, 0.717) is 6.54 Å². The van der Waals surface area contributed by atoms with Gasteiger partial charge in [-0.2, -0.15) is 0 Å². The third-order valence-corrected chi connectivity index (χ3v) is 2.37. The number of urea groups is 1. The van der Waals surface area contributed by atoms with Crippen LogP contribution in [0, 0.1) is 0 Å². The van der Waals surface area contributed by atoms with Gasteiger partial charge < -0.3 is 25.2 Å². The van der Waals surface area contributed by atoms with E-state index >= 15 is 0 Å². The molecule has 1 rings (SSSR count). The van der Waals surface area contributed by atoms with Crippen molar-refractivity contribution < 1.29 is 24.2 Å². The molecule has 0 bridgehead atoms. The molecule has 1 aromatic rings. The Morgan fingerprint density at radius 1 is 1.20 bits per heavy atom. The number of hydrogen-bond acceptors (Lipinski definition) is 4. The lowest BCUT2D eigenvalue weighted by Crippen LogP contribution is -2.37. The molecule has 0 spiro atoms. The Kier molecular flexibility index (Phi) is 6.91. The van der Waals surface area contributed by atoms with Gasteiger partial charge in [0.15, 0.2) is 0 Å². The predicted octanol–water partition coefficient (Wildman–Crippen LogP) is 0.596. The molecule has 20 heavy (non-hydrogen) atoms. The van der Waals surface area contributed by atoms with E-state index in [1.165, 1.54) is 0 Å². The van der Waals surface area contributed by atoms with Crippen LogP contribution in [0.4, 0.5) is 4.79 Å². The fourth-order valence-electron chi connectivity index (χ4n) is 1.38. The molecule has 0 atom stereocenters. The number of carbonyl (C=O) groups is 2. The van der Waals surface area contributed by atoms with Gasteiger partial charge in [0.1, 0.15) is 12.4 Å². The number of aliphatic carboxylic acids is 1. The summed E-state index contributed by atoms with van der Waals surface area (Å²) in [5, 5.41) is 13.6. The number of amides is 2. The second-order valence-electron chi connectivity index (χ2n) is 3.90. The van der Waals surface area contributed by atoms with Gasteiger partial charge in [0, 0.05) is 13.1 Å². The first-order valence-electron chi connectivity index (χ1n) is 6.06. The van der Waals surface area contributed by atoms with Crippen LogP contribution in [-0.2, 0) is 16.1 Å². The lowest BCUT2D eigenvalue weighted by atomic mass is 10.2. The van der Waals surface area contributed by atoms with Crippen molar-refractivity contribution in [3.8, 4) is 5.75 Å². The van der Waals surface area contributed by atoms with Crippen molar-refractivity contribution in [3.05, 3.63) is 29.8 Å². The van der Waals surface area contributed by atoms with Crippen LogP contribution in [0.2, 0.25) is 0 Å². The summed E-state index contributed by atoms with van der Waals surface area (Å²) in [5.74, 6) is -0.275. The number of carboxylic acids is 1. The Morgan fingerprint density at radius 3 is 2.50 bits per heavy atom. The predicted molar refractivity (Wildman–Crippen MR) is 71.7 cm³/mol. The van der Waals surface area contributed by atoms with Crippen LogP contribution in [0.1, 0.15) is 5.56 Å².